The minimum atomic E-state index is -0.0762. The number of nitrogen functional groups attached to an aromatic ring is 1. The maximum absolute atomic E-state index is 12.4. The van der Waals surface area contributed by atoms with E-state index in [4.69, 9.17) is 5.73 Å². The zero-order valence-electron chi connectivity index (χ0n) is 11.2. The maximum Gasteiger partial charge on any atom is 0.272 e. The van der Waals surface area contributed by atoms with Gasteiger partial charge < -0.3 is 16.0 Å². The number of piperidine rings is 2. The van der Waals surface area contributed by atoms with Gasteiger partial charge in [0.2, 0.25) is 5.91 Å². The number of nitrogens with two attached hydrogens (primary N) is 1. The topological polar surface area (TPSA) is 88.3 Å². The summed E-state index contributed by atoms with van der Waals surface area (Å²) >= 11 is 0. The largest absolute Gasteiger partial charge is 0.384 e. The van der Waals surface area contributed by atoms with E-state index in [0.717, 1.165) is 12.8 Å². The van der Waals surface area contributed by atoms with Gasteiger partial charge in [0.15, 0.2) is 0 Å². The standard InChI is InChI=1S/C14H18N4O2/c15-12-3-1-2-11(16-12)14(20)18-7-6-10-9(8-18)4-5-13(19)17-10/h1-3,9-10H,4-8H2,(H2,15,16)(H,17,19). The Labute approximate surface area is 117 Å². The number of hydrogen-bond donors (Lipinski definition) is 2. The van der Waals surface area contributed by atoms with Crippen molar-refractivity contribution in [1.82, 2.24) is 15.2 Å². The van der Waals surface area contributed by atoms with Gasteiger partial charge in [0.05, 0.1) is 0 Å². The molecule has 20 heavy (non-hydrogen) atoms. The van der Waals surface area contributed by atoms with Crippen LogP contribution in [0.5, 0.6) is 0 Å². The summed E-state index contributed by atoms with van der Waals surface area (Å²) in [5.74, 6) is 0.762. The highest BCUT2D eigenvalue weighted by Crippen LogP contribution is 2.26. The van der Waals surface area contributed by atoms with Gasteiger partial charge >= 0.3 is 0 Å². The second-order valence-corrected chi connectivity index (χ2v) is 5.46. The fourth-order valence-corrected chi connectivity index (χ4v) is 3.03. The molecule has 3 rings (SSSR count). The molecule has 2 amide bonds. The minimum Gasteiger partial charge on any atom is -0.384 e. The molecular formula is C14H18N4O2. The molecule has 6 heteroatoms. The third-order valence-electron chi connectivity index (χ3n) is 4.10. The molecule has 3 N–H and O–H groups in total. The van der Waals surface area contributed by atoms with Crippen LogP contribution in [-0.2, 0) is 4.79 Å². The Morgan fingerprint density at radius 2 is 2.25 bits per heavy atom. The molecule has 2 unspecified atom stereocenters. The van der Waals surface area contributed by atoms with Crippen molar-refractivity contribution in [3.63, 3.8) is 0 Å². The Kier molecular flexibility index (Phi) is 3.30. The first-order chi connectivity index (χ1) is 9.63. The molecular weight excluding hydrogens is 256 g/mol. The smallest absolute Gasteiger partial charge is 0.272 e. The predicted octanol–water partition coefficient (Wildman–Crippen LogP) is 0.404. The summed E-state index contributed by atoms with van der Waals surface area (Å²) in [6.45, 7) is 1.33. The Bertz CT molecular complexity index is 546. The number of fused-ring (bicyclic) bond motifs is 1. The molecule has 1 aromatic rings. The quantitative estimate of drug-likeness (QED) is 0.776. The lowest BCUT2D eigenvalue weighted by molar-refractivity contribution is -0.125. The number of carbonyl (C=O) groups excluding carboxylic acids is 2. The number of nitrogens with zero attached hydrogens (tertiary/aromatic N) is 2. The van der Waals surface area contributed by atoms with E-state index in [1.54, 1.807) is 18.2 Å². The van der Waals surface area contributed by atoms with E-state index in [-0.39, 0.29) is 17.9 Å². The zero-order chi connectivity index (χ0) is 14.1. The van der Waals surface area contributed by atoms with Crippen LogP contribution in [0.1, 0.15) is 29.8 Å². The molecule has 0 saturated carbocycles. The number of amides is 2. The molecule has 0 aliphatic carbocycles. The molecule has 0 aromatic carbocycles. The summed E-state index contributed by atoms with van der Waals surface area (Å²) in [5, 5.41) is 3.01. The number of likely N-dealkylation sites (tertiary alicyclic amines) is 1. The van der Waals surface area contributed by atoms with E-state index in [0.29, 0.717) is 36.9 Å². The lowest BCUT2D eigenvalue weighted by atomic mass is 9.85. The fraction of sp³-hybridized carbons (Fsp3) is 0.500. The van der Waals surface area contributed by atoms with Crippen LogP contribution >= 0.6 is 0 Å². The Morgan fingerprint density at radius 3 is 3.05 bits per heavy atom. The summed E-state index contributed by atoms with van der Waals surface area (Å²) in [6.07, 6.45) is 2.22. The van der Waals surface area contributed by atoms with Crippen molar-refractivity contribution in [2.75, 3.05) is 18.8 Å². The van der Waals surface area contributed by atoms with Crippen LogP contribution in [0.25, 0.3) is 0 Å². The van der Waals surface area contributed by atoms with Crippen LogP contribution in [-0.4, -0.2) is 40.8 Å². The summed E-state index contributed by atoms with van der Waals surface area (Å²) in [5.41, 5.74) is 6.01. The van der Waals surface area contributed by atoms with Gasteiger partial charge in [-0.05, 0) is 30.9 Å². The predicted molar refractivity (Wildman–Crippen MR) is 73.8 cm³/mol. The second kappa shape index (κ2) is 5.11. The molecule has 2 aliphatic heterocycles. The molecule has 106 valence electrons. The van der Waals surface area contributed by atoms with Crippen molar-refractivity contribution >= 4 is 17.6 Å². The number of carbonyl (C=O) groups is 2. The van der Waals surface area contributed by atoms with Crippen molar-refractivity contribution in [2.24, 2.45) is 5.92 Å². The first-order valence-electron chi connectivity index (χ1n) is 6.94. The lowest BCUT2D eigenvalue weighted by Crippen LogP contribution is -2.55. The number of pyridine rings is 1. The van der Waals surface area contributed by atoms with Gasteiger partial charge in [0.1, 0.15) is 11.5 Å². The summed E-state index contributed by atoms with van der Waals surface area (Å²) in [6, 6.07) is 5.31. The molecule has 0 bridgehead atoms. The third kappa shape index (κ3) is 2.45. The third-order valence-corrected chi connectivity index (χ3v) is 4.10. The molecule has 0 radical (unpaired) electrons. The maximum atomic E-state index is 12.4. The van der Waals surface area contributed by atoms with Crippen LogP contribution in [0.3, 0.4) is 0 Å². The van der Waals surface area contributed by atoms with Crippen molar-refractivity contribution in [3.8, 4) is 0 Å². The van der Waals surface area contributed by atoms with E-state index < -0.39 is 0 Å². The van der Waals surface area contributed by atoms with Crippen molar-refractivity contribution in [1.29, 1.82) is 0 Å². The Hall–Kier alpha value is -2.11. The summed E-state index contributed by atoms with van der Waals surface area (Å²) < 4.78 is 0. The number of aromatic nitrogens is 1. The lowest BCUT2D eigenvalue weighted by Gasteiger charge is -2.41. The van der Waals surface area contributed by atoms with Gasteiger partial charge in [0, 0.05) is 25.6 Å². The van der Waals surface area contributed by atoms with Crippen LogP contribution < -0.4 is 11.1 Å². The van der Waals surface area contributed by atoms with Crippen LogP contribution in [0.2, 0.25) is 0 Å². The second-order valence-electron chi connectivity index (χ2n) is 5.46. The Morgan fingerprint density at radius 1 is 1.40 bits per heavy atom. The van der Waals surface area contributed by atoms with Crippen molar-refractivity contribution in [3.05, 3.63) is 23.9 Å². The molecule has 2 saturated heterocycles. The highest BCUT2D eigenvalue weighted by molar-refractivity contribution is 5.92. The molecule has 6 nitrogen and oxygen atoms in total. The van der Waals surface area contributed by atoms with Gasteiger partial charge in [-0.1, -0.05) is 6.07 Å². The normalized spacial score (nSPS) is 25.8. The average molecular weight is 274 g/mol. The van der Waals surface area contributed by atoms with E-state index in [1.165, 1.54) is 0 Å². The average Bonchev–Trinajstić information content (AvgIpc) is 2.46. The van der Waals surface area contributed by atoms with Crippen LogP contribution in [0.15, 0.2) is 18.2 Å². The number of anilines is 1. The van der Waals surface area contributed by atoms with Crippen LogP contribution in [0, 0.1) is 5.92 Å². The van der Waals surface area contributed by atoms with Gasteiger partial charge in [0.25, 0.3) is 5.91 Å². The first-order valence-corrected chi connectivity index (χ1v) is 6.94. The summed E-state index contributed by atoms with van der Waals surface area (Å²) in [4.78, 5) is 29.7. The molecule has 2 aliphatic rings. The van der Waals surface area contributed by atoms with Gasteiger partial charge in [-0.2, -0.15) is 0 Å². The van der Waals surface area contributed by atoms with Crippen molar-refractivity contribution in [2.45, 2.75) is 25.3 Å². The molecule has 2 fully saturated rings. The zero-order valence-corrected chi connectivity index (χ0v) is 11.2. The van der Waals surface area contributed by atoms with E-state index in [2.05, 4.69) is 10.3 Å². The number of rotatable bonds is 1. The number of hydrogen-bond acceptors (Lipinski definition) is 4. The van der Waals surface area contributed by atoms with E-state index in [1.807, 2.05) is 4.90 Å². The summed E-state index contributed by atoms with van der Waals surface area (Å²) in [7, 11) is 0. The molecule has 3 heterocycles. The van der Waals surface area contributed by atoms with Crippen LogP contribution in [0.4, 0.5) is 5.82 Å². The van der Waals surface area contributed by atoms with Crippen molar-refractivity contribution < 1.29 is 9.59 Å². The van der Waals surface area contributed by atoms with E-state index in [9.17, 15) is 9.59 Å². The monoisotopic (exact) mass is 274 g/mol. The fourth-order valence-electron chi connectivity index (χ4n) is 3.03. The highest BCUT2D eigenvalue weighted by atomic mass is 16.2. The first kappa shape index (κ1) is 12.9. The SMILES string of the molecule is Nc1cccc(C(=O)N2CCC3NC(=O)CCC3C2)n1. The van der Waals surface area contributed by atoms with Gasteiger partial charge in [-0.15, -0.1) is 0 Å². The molecule has 2 atom stereocenters. The molecule has 0 spiro atoms. The molecule has 1 aromatic heterocycles. The number of nitrogens with one attached hydrogen (secondary N) is 1. The van der Waals surface area contributed by atoms with Gasteiger partial charge in [-0.3, -0.25) is 9.59 Å². The Balaban J connectivity index is 1.70. The van der Waals surface area contributed by atoms with Gasteiger partial charge in [-0.25, -0.2) is 4.98 Å². The van der Waals surface area contributed by atoms with E-state index >= 15 is 0 Å². The minimum absolute atomic E-state index is 0.0762. The highest BCUT2D eigenvalue weighted by Gasteiger charge is 2.35.